The van der Waals surface area contributed by atoms with Gasteiger partial charge in [0.2, 0.25) is 0 Å². The molecule has 1 heterocycles. The molecule has 25 heavy (non-hydrogen) atoms. The van der Waals surface area contributed by atoms with Crippen LogP contribution < -0.4 is 10.6 Å². The van der Waals surface area contributed by atoms with Crippen LogP contribution in [0.5, 0.6) is 0 Å². The Balaban J connectivity index is 2.43. The van der Waals surface area contributed by atoms with Gasteiger partial charge in [0.25, 0.3) is 0 Å². The molecular weight excluding hydrogens is 339 g/mol. The molecule has 3 N–H and O–H groups in total. The minimum Gasteiger partial charge on any atom is -0.463 e. The third-order valence-electron chi connectivity index (χ3n) is 3.18. The van der Waals surface area contributed by atoms with Gasteiger partial charge in [-0.05, 0) is 39.3 Å². The number of guanidine groups is 1. The molecule has 0 fully saturated rings. The number of furan rings is 1. The summed E-state index contributed by atoms with van der Waals surface area (Å²) in [5.74, 6) is 1.58. The van der Waals surface area contributed by atoms with E-state index in [0.717, 1.165) is 0 Å². The fourth-order valence-corrected chi connectivity index (χ4v) is 1.95. The van der Waals surface area contributed by atoms with Crippen LogP contribution in [0.2, 0.25) is 0 Å². The first-order valence-corrected chi connectivity index (χ1v) is 8.10. The van der Waals surface area contributed by atoms with Crippen molar-refractivity contribution in [3.8, 4) is 0 Å². The van der Waals surface area contributed by atoms with E-state index in [1.807, 2.05) is 6.92 Å². The second kappa shape index (κ2) is 9.67. The van der Waals surface area contributed by atoms with E-state index in [1.165, 1.54) is 0 Å². The van der Waals surface area contributed by atoms with Gasteiger partial charge < -0.3 is 24.9 Å². The van der Waals surface area contributed by atoms with E-state index >= 15 is 0 Å². The van der Waals surface area contributed by atoms with E-state index in [2.05, 4.69) is 20.4 Å². The highest BCUT2D eigenvalue weighted by Gasteiger charge is 2.27. The van der Waals surface area contributed by atoms with Crippen LogP contribution in [0.15, 0.2) is 21.5 Å². The quantitative estimate of drug-likeness (QED) is 0.356. The summed E-state index contributed by atoms with van der Waals surface area (Å²) in [5.41, 5.74) is -1.26. The first-order valence-electron chi connectivity index (χ1n) is 8.10. The zero-order valence-corrected chi connectivity index (χ0v) is 14.7. The van der Waals surface area contributed by atoms with Gasteiger partial charge in [-0.1, -0.05) is 0 Å². The minimum absolute atomic E-state index is 0.00466. The summed E-state index contributed by atoms with van der Waals surface area (Å²) in [6.45, 7) is 5.10. The Hall–Kier alpha value is -1.74. The molecule has 0 aliphatic carbocycles. The Morgan fingerprint density at radius 2 is 2.04 bits per heavy atom. The predicted octanol–water partition coefficient (Wildman–Crippen LogP) is 2.32. The summed E-state index contributed by atoms with van der Waals surface area (Å²) in [4.78, 5) is 4.29. The maximum absolute atomic E-state index is 11.9. The number of aliphatic hydroxyl groups is 1. The predicted molar refractivity (Wildman–Crippen MR) is 88.5 cm³/mol. The maximum atomic E-state index is 11.9. The average Bonchev–Trinajstić information content (AvgIpc) is 2.94. The van der Waals surface area contributed by atoms with Gasteiger partial charge in [0, 0.05) is 19.7 Å². The third kappa shape index (κ3) is 8.78. The van der Waals surface area contributed by atoms with Crippen LogP contribution in [0, 0.1) is 6.92 Å². The third-order valence-corrected chi connectivity index (χ3v) is 3.18. The molecule has 0 aromatic carbocycles. The largest absolute Gasteiger partial charge is 0.463 e. The summed E-state index contributed by atoms with van der Waals surface area (Å²) in [7, 11) is 0. The molecule has 1 rings (SSSR count). The summed E-state index contributed by atoms with van der Waals surface area (Å²) >= 11 is 0. The molecule has 1 atom stereocenters. The number of hydrogen-bond donors (Lipinski definition) is 3. The second-order valence-corrected chi connectivity index (χ2v) is 5.83. The summed E-state index contributed by atoms with van der Waals surface area (Å²) < 4.78 is 45.8. The number of halogens is 3. The lowest BCUT2D eigenvalue weighted by Crippen LogP contribution is -2.39. The highest BCUT2D eigenvalue weighted by molar-refractivity contribution is 5.79. The monoisotopic (exact) mass is 365 g/mol. The molecule has 0 aliphatic rings. The van der Waals surface area contributed by atoms with E-state index in [9.17, 15) is 18.3 Å². The number of nitrogens with zero attached hydrogens (tertiary/aromatic N) is 1. The molecule has 0 saturated heterocycles. The van der Waals surface area contributed by atoms with Gasteiger partial charge in [0.1, 0.15) is 23.7 Å². The Kier molecular flexibility index (Phi) is 8.24. The second-order valence-electron chi connectivity index (χ2n) is 5.83. The van der Waals surface area contributed by atoms with Crippen molar-refractivity contribution in [3.05, 3.63) is 23.7 Å². The number of ether oxygens (including phenoxy) is 1. The summed E-state index contributed by atoms with van der Waals surface area (Å²) in [6, 6.07) is 3.46. The number of nitrogens with one attached hydrogen (secondary N) is 2. The Morgan fingerprint density at radius 3 is 2.60 bits per heavy atom. The van der Waals surface area contributed by atoms with Crippen molar-refractivity contribution in [2.24, 2.45) is 4.99 Å². The number of aryl methyl sites for hydroxylation is 1. The van der Waals surface area contributed by atoms with Crippen molar-refractivity contribution in [2.45, 2.75) is 39.0 Å². The van der Waals surface area contributed by atoms with E-state index < -0.39 is 18.4 Å². The number of hydrogen-bond acceptors (Lipinski definition) is 4. The lowest BCUT2D eigenvalue weighted by atomic mass is 10.0. The first-order chi connectivity index (χ1) is 11.6. The van der Waals surface area contributed by atoms with E-state index in [0.29, 0.717) is 37.0 Å². The van der Waals surface area contributed by atoms with Gasteiger partial charge in [0.15, 0.2) is 5.96 Å². The van der Waals surface area contributed by atoms with Gasteiger partial charge in [-0.3, -0.25) is 0 Å². The van der Waals surface area contributed by atoms with Gasteiger partial charge >= 0.3 is 6.18 Å². The smallest absolute Gasteiger partial charge is 0.411 e. The number of alkyl halides is 3. The molecule has 9 heteroatoms. The molecule has 0 spiro atoms. The van der Waals surface area contributed by atoms with Crippen LogP contribution in [0.4, 0.5) is 13.2 Å². The van der Waals surface area contributed by atoms with Gasteiger partial charge in [-0.2, -0.15) is 13.2 Å². The molecule has 0 radical (unpaired) electrons. The van der Waals surface area contributed by atoms with Crippen molar-refractivity contribution >= 4 is 5.96 Å². The highest BCUT2D eigenvalue weighted by Crippen LogP contribution is 2.23. The molecular formula is C16H26F3N3O3. The summed E-state index contributed by atoms with van der Waals surface area (Å²) in [6.07, 6.45) is -3.91. The zero-order valence-electron chi connectivity index (χ0n) is 14.7. The molecule has 0 saturated carbocycles. The van der Waals surface area contributed by atoms with E-state index in [1.54, 1.807) is 26.0 Å². The Labute approximate surface area is 145 Å². The maximum Gasteiger partial charge on any atom is 0.411 e. The molecule has 1 unspecified atom stereocenters. The van der Waals surface area contributed by atoms with Crippen LogP contribution in [0.3, 0.4) is 0 Å². The molecule has 0 aliphatic heterocycles. The molecule has 144 valence electrons. The molecule has 6 nitrogen and oxygen atoms in total. The molecule has 0 amide bonds. The molecule has 1 aromatic rings. The van der Waals surface area contributed by atoms with E-state index in [-0.39, 0.29) is 13.2 Å². The fraction of sp³-hybridized carbons (Fsp3) is 0.688. The lowest BCUT2D eigenvalue weighted by Gasteiger charge is -2.19. The average molecular weight is 365 g/mol. The zero-order chi connectivity index (χ0) is 18.9. The van der Waals surface area contributed by atoms with Gasteiger partial charge in [-0.25, -0.2) is 4.99 Å². The first kappa shape index (κ1) is 21.3. The minimum atomic E-state index is -4.31. The van der Waals surface area contributed by atoms with Gasteiger partial charge in [-0.15, -0.1) is 0 Å². The number of rotatable bonds is 9. The van der Waals surface area contributed by atoms with Crippen molar-refractivity contribution in [2.75, 3.05) is 32.8 Å². The van der Waals surface area contributed by atoms with Crippen LogP contribution >= 0.6 is 0 Å². The number of aliphatic imine (C=N–C) groups is 1. The lowest BCUT2D eigenvalue weighted by molar-refractivity contribution is -0.173. The van der Waals surface area contributed by atoms with Crippen molar-refractivity contribution in [1.82, 2.24) is 10.6 Å². The van der Waals surface area contributed by atoms with Crippen LogP contribution in [-0.4, -0.2) is 50.1 Å². The topological polar surface area (TPSA) is 79.0 Å². The van der Waals surface area contributed by atoms with Crippen molar-refractivity contribution < 1.29 is 27.4 Å². The Morgan fingerprint density at radius 1 is 1.32 bits per heavy atom. The van der Waals surface area contributed by atoms with Crippen molar-refractivity contribution in [1.29, 1.82) is 0 Å². The fourth-order valence-electron chi connectivity index (χ4n) is 1.95. The Bertz CT molecular complexity index is 542. The van der Waals surface area contributed by atoms with Crippen LogP contribution in [0.25, 0.3) is 0 Å². The van der Waals surface area contributed by atoms with Crippen LogP contribution in [-0.2, 0) is 10.3 Å². The van der Waals surface area contributed by atoms with Crippen molar-refractivity contribution in [3.63, 3.8) is 0 Å². The normalized spacial score (nSPS) is 15.1. The highest BCUT2D eigenvalue weighted by atomic mass is 19.4. The summed E-state index contributed by atoms with van der Waals surface area (Å²) in [5, 5.41) is 16.4. The molecule has 1 aromatic heterocycles. The SMILES string of the molecule is CCNC(=NCC(C)(O)c1ccc(C)o1)NCCCOCC(F)(F)F. The van der Waals surface area contributed by atoms with Gasteiger partial charge in [0.05, 0.1) is 6.54 Å². The van der Waals surface area contributed by atoms with Crippen LogP contribution in [0.1, 0.15) is 31.8 Å². The van der Waals surface area contributed by atoms with E-state index in [4.69, 9.17) is 4.42 Å². The standard InChI is InChI=1S/C16H26F3N3O3/c1-4-20-14(21-8-5-9-24-11-16(17,18)19)22-10-15(3,23)13-7-6-12(2)25-13/h6-7,23H,4-5,8-11H2,1-3H3,(H2,20,21,22). The molecule has 0 bridgehead atoms.